The van der Waals surface area contributed by atoms with E-state index in [4.69, 9.17) is 11.6 Å². The molecule has 0 aliphatic carbocycles. The van der Waals surface area contributed by atoms with E-state index < -0.39 is 18.2 Å². The van der Waals surface area contributed by atoms with Crippen LogP contribution in [0.1, 0.15) is 34.0 Å². The van der Waals surface area contributed by atoms with E-state index in [0.29, 0.717) is 12.1 Å². The number of hydrogen-bond donors (Lipinski definition) is 6. The molecule has 6 rings (SSSR count). The molecule has 1 aromatic heterocycles. The number of urea groups is 1. The SMILES string of the molecule is C=CCNCC(=O)N1[C@@H](NC(=O)NCc2ccccc2)CN(Cc2cccc3c(C(C)=O)c[nH]c23)C(=O)[C@@H]1Cc1ccc(O)cc1.O.O.Sc1ccc(Cl)cc1. The van der Waals surface area contributed by atoms with Crippen LogP contribution in [0.3, 0.4) is 0 Å². The summed E-state index contributed by atoms with van der Waals surface area (Å²) in [7, 11) is 0. The molecule has 1 aliphatic heterocycles. The van der Waals surface area contributed by atoms with Crippen molar-refractivity contribution in [3.05, 3.63) is 143 Å². The number of thiol groups is 1. The minimum atomic E-state index is -0.952. The number of phenolic OH excluding ortho intramolecular Hbond substituents is 1. The third-order valence-electron chi connectivity index (χ3n) is 8.84. The van der Waals surface area contributed by atoms with Crippen LogP contribution in [-0.2, 0) is 29.1 Å². The lowest BCUT2D eigenvalue weighted by Gasteiger charge is -2.46. The van der Waals surface area contributed by atoms with Crippen LogP contribution in [0.25, 0.3) is 10.9 Å². The summed E-state index contributed by atoms with van der Waals surface area (Å²) in [5, 5.41) is 20.2. The topological polar surface area (TPSA) is 210 Å². The van der Waals surface area contributed by atoms with Gasteiger partial charge in [0.25, 0.3) is 0 Å². The summed E-state index contributed by atoms with van der Waals surface area (Å²) in [6.45, 7) is 6.01. The smallest absolute Gasteiger partial charge is 0.316 e. The number of aromatic hydroxyl groups is 1. The summed E-state index contributed by atoms with van der Waals surface area (Å²) in [4.78, 5) is 60.7. The molecule has 1 aliphatic rings. The zero-order valence-corrected chi connectivity index (χ0v) is 32.4. The first-order valence-corrected chi connectivity index (χ1v) is 18.2. The lowest BCUT2D eigenvalue weighted by Crippen LogP contribution is -2.69. The molecule has 9 N–H and O–H groups in total. The van der Waals surface area contributed by atoms with Crippen molar-refractivity contribution in [2.45, 2.75) is 43.5 Å². The lowest BCUT2D eigenvalue weighted by molar-refractivity contribution is -0.156. The second-order valence-corrected chi connectivity index (χ2v) is 13.7. The minimum absolute atomic E-state index is 0. The number of aromatic amines is 1. The molecule has 1 fully saturated rings. The van der Waals surface area contributed by atoms with Gasteiger partial charge >= 0.3 is 6.03 Å². The molecule has 4 aromatic carbocycles. The van der Waals surface area contributed by atoms with Crippen LogP contribution in [0.5, 0.6) is 5.75 Å². The number of amides is 4. The number of aromatic nitrogens is 1. The number of nitrogens with zero attached hydrogens (tertiary/aromatic N) is 2. The van der Waals surface area contributed by atoms with Gasteiger partial charge in [-0.1, -0.05) is 78.3 Å². The largest absolute Gasteiger partial charge is 0.508 e. The number of fused-ring (bicyclic) bond motifs is 1. The third kappa shape index (κ3) is 11.9. The Labute approximate surface area is 335 Å². The van der Waals surface area contributed by atoms with E-state index >= 15 is 0 Å². The van der Waals surface area contributed by atoms with E-state index in [1.165, 1.54) is 24.0 Å². The van der Waals surface area contributed by atoms with Crippen molar-refractivity contribution < 1.29 is 35.2 Å². The van der Waals surface area contributed by atoms with Crippen LogP contribution < -0.4 is 16.0 Å². The molecule has 4 amide bonds. The second-order valence-electron chi connectivity index (χ2n) is 12.7. The molecule has 0 bridgehead atoms. The number of Topliss-reactive ketones (excluding diaryl/α,β-unsaturated/α-hetero) is 1. The first-order valence-electron chi connectivity index (χ1n) is 17.4. The Morgan fingerprint density at radius 3 is 2.30 bits per heavy atom. The first-order chi connectivity index (χ1) is 26.0. The fraction of sp³-hybridized carbons (Fsp3) is 0.220. The average Bonchev–Trinajstić information content (AvgIpc) is 3.61. The molecule has 2 atom stereocenters. The number of nitrogens with one attached hydrogen (secondary N) is 4. The van der Waals surface area contributed by atoms with Gasteiger partial charge in [0, 0.05) is 53.1 Å². The molecule has 5 aromatic rings. The Kier molecular flexibility index (Phi) is 17.1. The van der Waals surface area contributed by atoms with E-state index in [9.17, 15) is 24.3 Å². The molecule has 56 heavy (non-hydrogen) atoms. The zero-order chi connectivity index (χ0) is 38.6. The van der Waals surface area contributed by atoms with Gasteiger partial charge in [-0.15, -0.1) is 19.2 Å². The number of benzene rings is 4. The van der Waals surface area contributed by atoms with Crippen molar-refractivity contribution >= 4 is 58.8 Å². The Morgan fingerprint density at radius 2 is 1.66 bits per heavy atom. The van der Waals surface area contributed by atoms with Crippen LogP contribution in [0.15, 0.2) is 121 Å². The molecule has 0 saturated carbocycles. The number of carbonyl (C=O) groups excluding carboxylic acids is 4. The third-order valence-corrected chi connectivity index (χ3v) is 9.39. The fourth-order valence-corrected chi connectivity index (χ4v) is 6.49. The first kappa shape index (κ1) is 44.8. The predicted molar refractivity (Wildman–Crippen MR) is 221 cm³/mol. The molecule has 13 nitrogen and oxygen atoms in total. The fourth-order valence-electron chi connectivity index (χ4n) is 6.22. The summed E-state index contributed by atoms with van der Waals surface area (Å²) in [6, 6.07) is 27.4. The highest BCUT2D eigenvalue weighted by molar-refractivity contribution is 7.80. The number of ketones is 1. The van der Waals surface area contributed by atoms with Gasteiger partial charge in [0.2, 0.25) is 11.8 Å². The minimum Gasteiger partial charge on any atom is -0.508 e. The maximum absolute atomic E-state index is 14.3. The Balaban J connectivity index is 0.000000749. The Hall–Kier alpha value is -5.64. The standard InChI is InChI=1S/C35H38N6O5.C6H5ClS.2H2O/c1-3-16-36-20-32(44)41-30(17-24-12-14-27(43)15-13-24)34(45)40(21-26-10-7-11-28-29(23(2)42)19-37-33(26)28)22-31(41)39-35(46)38-18-25-8-5-4-6-9-25;7-5-1-3-6(8)4-2-5;;/h3-15,19,30-31,36-37,43H,1,16-18,20-22H2,2H3,(H2,38,39,46);1-4,8H;2*1H2/t30-,31+;;;/m0.../s1. The molecule has 1 saturated heterocycles. The van der Waals surface area contributed by atoms with E-state index in [0.717, 1.165) is 37.5 Å². The summed E-state index contributed by atoms with van der Waals surface area (Å²) < 4.78 is 0. The highest BCUT2D eigenvalue weighted by Crippen LogP contribution is 2.27. The van der Waals surface area contributed by atoms with E-state index in [1.807, 2.05) is 72.8 Å². The predicted octanol–water partition coefficient (Wildman–Crippen LogP) is 4.44. The number of hydrogen-bond acceptors (Lipinski definition) is 7. The highest BCUT2D eigenvalue weighted by atomic mass is 35.5. The zero-order valence-electron chi connectivity index (χ0n) is 30.8. The second kappa shape index (κ2) is 21.5. The monoisotopic (exact) mass is 802 g/mol. The van der Waals surface area contributed by atoms with Gasteiger partial charge in [0.05, 0.1) is 18.6 Å². The Morgan fingerprint density at radius 1 is 0.964 bits per heavy atom. The molecule has 0 radical (unpaired) electrons. The number of phenols is 1. The van der Waals surface area contributed by atoms with Gasteiger partial charge in [-0.25, -0.2) is 4.79 Å². The average molecular weight is 803 g/mol. The molecule has 0 unspecified atom stereocenters. The van der Waals surface area contributed by atoms with Gasteiger partial charge in [-0.3, -0.25) is 14.4 Å². The van der Waals surface area contributed by atoms with Crippen molar-refractivity contribution in [3.63, 3.8) is 0 Å². The van der Waals surface area contributed by atoms with Crippen LogP contribution in [-0.4, -0.2) is 86.3 Å². The van der Waals surface area contributed by atoms with E-state index in [-0.39, 0.29) is 66.9 Å². The molecule has 15 heteroatoms. The van der Waals surface area contributed by atoms with Crippen molar-refractivity contribution in [2.75, 3.05) is 19.6 Å². The van der Waals surface area contributed by atoms with Crippen molar-refractivity contribution in [1.82, 2.24) is 30.7 Å². The van der Waals surface area contributed by atoms with Gasteiger partial charge in [0.15, 0.2) is 5.78 Å². The van der Waals surface area contributed by atoms with Crippen molar-refractivity contribution in [3.8, 4) is 5.75 Å². The van der Waals surface area contributed by atoms with E-state index in [1.54, 1.807) is 29.3 Å². The molecule has 2 heterocycles. The number of halogens is 1. The number of carbonyl (C=O) groups is 4. The number of H-pyrrole nitrogens is 1. The quantitative estimate of drug-likeness (QED) is 0.0465. The van der Waals surface area contributed by atoms with Crippen LogP contribution >= 0.6 is 24.2 Å². The summed E-state index contributed by atoms with van der Waals surface area (Å²) >= 11 is 9.65. The maximum atomic E-state index is 14.3. The number of rotatable bonds is 12. The van der Waals surface area contributed by atoms with Gasteiger partial charge < -0.3 is 46.8 Å². The molecule has 296 valence electrons. The van der Waals surface area contributed by atoms with Gasteiger partial charge in [-0.2, -0.15) is 0 Å². The summed E-state index contributed by atoms with van der Waals surface area (Å²) in [5.74, 6) is -0.635. The summed E-state index contributed by atoms with van der Waals surface area (Å²) in [5.41, 5.74) is 3.74. The normalized spacial score (nSPS) is 14.7. The van der Waals surface area contributed by atoms with Crippen molar-refractivity contribution in [2.24, 2.45) is 0 Å². The van der Waals surface area contributed by atoms with Crippen LogP contribution in [0.2, 0.25) is 5.02 Å². The number of piperazine rings is 1. The Bertz CT molecular complexity index is 2060. The highest BCUT2D eigenvalue weighted by Gasteiger charge is 2.43. The lowest BCUT2D eigenvalue weighted by atomic mass is 9.98. The van der Waals surface area contributed by atoms with Crippen molar-refractivity contribution in [1.29, 1.82) is 0 Å². The molecular formula is C41H47ClN6O7S. The molecule has 0 spiro atoms. The maximum Gasteiger partial charge on any atom is 0.316 e. The van der Waals surface area contributed by atoms with E-state index in [2.05, 4.69) is 40.1 Å². The number of para-hydroxylation sites is 1. The molecular weight excluding hydrogens is 756 g/mol. The van der Waals surface area contributed by atoms with Crippen LogP contribution in [0.4, 0.5) is 4.79 Å². The van der Waals surface area contributed by atoms with Gasteiger partial charge in [0.1, 0.15) is 18.0 Å². The van der Waals surface area contributed by atoms with Gasteiger partial charge in [-0.05, 0) is 60.0 Å². The summed E-state index contributed by atoms with van der Waals surface area (Å²) in [6.07, 6.45) is 2.60. The van der Waals surface area contributed by atoms with Crippen LogP contribution in [0, 0.1) is 0 Å².